The molecule has 0 aliphatic carbocycles. The van der Waals surface area contributed by atoms with E-state index in [0.717, 1.165) is 18.7 Å². The van der Waals surface area contributed by atoms with Gasteiger partial charge in [0.1, 0.15) is 0 Å². The Balaban J connectivity index is 2.36. The maximum atomic E-state index is 11.1. The number of benzene rings is 1. The predicted molar refractivity (Wildman–Crippen MR) is 76.5 cm³/mol. The molecular weight excluding hydrogens is 240 g/mol. The number of hydrogen-bond donors (Lipinski definition) is 2. The smallest absolute Gasteiger partial charge is 0.305 e. The summed E-state index contributed by atoms with van der Waals surface area (Å²) in [4.78, 5) is 13.4. The van der Waals surface area contributed by atoms with Crippen LogP contribution in [0, 0.1) is 0 Å². The molecule has 0 amide bonds. The fraction of sp³-hybridized carbons (Fsp3) is 0.533. The minimum Gasteiger partial charge on any atom is -0.481 e. The second kappa shape index (κ2) is 5.61. The number of carboxylic acid groups (broad SMARTS) is 1. The summed E-state index contributed by atoms with van der Waals surface area (Å²) in [6, 6.07) is 10.1. The molecule has 2 rings (SSSR count). The van der Waals surface area contributed by atoms with Crippen LogP contribution in [-0.2, 0) is 4.79 Å². The van der Waals surface area contributed by atoms with Crippen LogP contribution in [-0.4, -0.2) is 35.7 Å². The van der Waals surface area contributed by atoms with E-state index < -0.39 is 5.97 Å². The Kier molecular flexibility index (Phi) is 4.10. The molecule has 1 aliphatic heterocycles. The minimum atomic E-state index is -0.745. The zero-order valence-electron chi connectivity index (χ0n) is 11.6. The van der Waals surface area contributed by atoms with Crippen LogP contribution >= 0.6 is 0 Å². The fourth-order valence-electron chi connectivity index (χ4n) is 2.88. The summed E-state index contributed by atoms with van der Waals surface area (Å²) >= 11 is 0. The average molecular weight is 262 g/mol. The Morgan fingerprint density at radius 1 is 1.42 bits per heavy atom. The molecule has 4 heteroatoms. The number of carboxylic acids is 1. The van der Waals surface area contributed by atoms with Crippen LogP contribution in [0.3, 0.4) is 0 Å². The second-order valence-electron chi connectivity index (χ2n) is 5.72. The van der Waals surface area contributed by atoms with Gasteiger partial charge in [-0.05, 0) is 38.9 Å². The highest BCUT2D eigenvalue weighted by atomic mass is 16.4. The normalized spacial score (nSPS) is 22.8. The summed E-state index contributed by atoms with van der Waals surface area (Å²) in [5.41, 5.74) is 1.05. The highest BCUT2D eigenvalue weighted by molar-refractivity contribution is 5.69. The molecule has 0 bridgehead atoms. The van der Waals surface area contributed by atoms with Crippen LogP contribution in [0.25, 0.3) is 0 Å². The number of para-hydroxylation sites is 1. The summed E-state index contributed by atoms with van der Waals surface area (Å²) in [6.07, 6.45) is 1.16. The Labute approximate surface area is 114 Å². The van der Waals surface area contributed by atoms with Gasteiger partial charge >= 0.3 is 5.97 Å². The van der Waals surface area contributed by atoms with Gasteiger partial charge in [0.2, 0.25) is 0 Å². The molecule has 2 N–H and O–H groups in total. The Morgan fingerprint density at radius 3 is 2.74 bits per heavy atom. The number of hydrogen-bond acceptors (Lipinski definition) is 3. The van der Waals surface area contributed by atoms with Crippen molar-refractivity contribution in [1.82, 2.24) is 5.32 Å². The van der Waals surface area contributed by atoms with Gasteiger partial charge in [0.25, 0.3) is 0 Å². The summed E-state index contributed by atoms with van der Waals surface area (Å²) in [6.45, 7) is 6.00. The lowest BCUT2D eigenvalue weighted by atomic mass is 9.95. The monoisotopic (exact) mass is 262 g/mol. The van der Waals surface area contributed by atoms with Crippen molar-refractivity contribution >= 4 is 11.7 Å². The molecule has 104 valence electrons. The quantitative estimate of drug-likeness (QED) is 0.876. The number of nitrogens with one attached hydrogen (secondary N) is 1. The third-order valence-corrected chi connectivity index (χ3v) is 3.76. The predicted octanol–water partition coefficient (Wildman–Crippen LogP) is 2.11. The molecule has 1 aliphatic rings. The lowest BCUT2D eigenvalue weighted by molar-refractivity contribution is -0.137. The SMILES string of the molecule is CC1(C)CCNCC(CC(=O)O)N1c1ccccc1. The molecule has 1 atom stereocenters. The van der Waals surface area contributed by atoms with Crippen LogP contribution in [0.15, 0.2) is 30.3 Å². The zero-order chi connectivity index (χ0) is 13.9. The molecule has 0 saturated carbocycles. The summed E-state index contributed by atoms with van der Waals surface area (Å²) < 4.78 is 0. The van der Waals surface area contributed by atoms with Crippen molar-refractivity contribution in [3.05, 3.63) is 30.3 Å². The minimum absolute atomic E-state index is 0.0163. The second-order valence-corrected chi connectivity index (χ2v) is 5.72. The Bertz CT molecular complexity index is 431. The first-order chi connectivity index (χ1) is 9.00. The van der Waals surface area contributed by atoms with Crippen LogP contribution < -0.4 is 10.2 Å². The van der Waals surface area contributed by atoms with Gasteiger partial charge in [-0.1, -0.05) is 18.2 Å². The Hall–Kier alpha value is -1.55. The van der Waals surface area contributed by atoms with Gasteiger partial charge in [0, 0.05) is 17.8 Å². The van der Waals surface area contributed by atoms with Crippen LogP contribution in [0.2, 0.25) is 0 Å². The van der Waals surface area contributed by atoms with Crippen molar-refractivity contribution < 1.29 is 9.90 Å². The number of carbonyl (C=O) groups is 1. The van der Waals surface area contributed by atoms with E-state index in [-0.39, 0.29) is 18.0 Å². The molecule has 0 radical (unpaired) electrons. The topological polar surface area (TPSA) is 52.6 Å². The maximum Gasteiger partial charge on any atom is 0.305 e. The molecule has 1 aromatic carbocycles. The van der Waals surface area contributed by atoms with Gasteiger partial charge in [-0.3, -0.25) is 4.79 Å². The van der Waals surface area contributed by atoms with Gasteiger partial charge in [0.15, 0.2) is 0 Å². The van der Waals surface area contributed by atoms with Crippen LogP contribution in [0.1, 0.15) is 26.7 Å². The molecule has 1 heterocycles. The van der Waals surface area contributed by atoms with Crippen molar-refractivity contribution in [2.45, 2.75) is 38.3 Å². The maximum absolute atomic E-state index is 11.1. The molecule has 1 saturated heterocycles. The first kappa shape index (κ1) is 13.9. The standard InChI is InChI=1S/C15H22N2O2/c1-15(2)8-9-16-11-13(10-14(18)19)17(15)12-6-4-3-5-7-12/h3-7,13,16H,8-11H2,1-2H3,(H,18,19). The summed E-state index contributed by atoms with van der Waals surface area (Å²) in [5, 5.41) is 12.5. The first-order valence-corrected chi connectivity index (χ1v) is 6.77. The number of nitrogens with zero attached hydrogens (tertiary/aromatic N) is 1. The van der Waals surface area contributed by atoms with Crippen molar-refractivity contribution in [2.75, 3.05) is 18.0 Å². The van der Waals surface area contributed by atoms with E-state index in [4.69, 9.17) is 5.11 Å². The van der Waals surface area contributed by atoms with Gasteiger partial charge in [-0.2, -0.15) is 0 Å². The average Bonchev–Trinajstić information content (AvgIpc) is 2.48. The van der Waals surface area contributed by atoms with Crippen molar-refractivity contribution in [3.63, 3.8) is 0 Å². The molecule has 4 nitrogen and oxygen atoms in total. The van der Waals surface area contributed by atoms with Gasteiger partial charge in [0.05, 0.1) is 12.5 Å². The number of rotatable bonds is 3. The lowest BCUT2D eigenvalue weighted by Crippen LogP contribution is -2.51. The van der Waals surface area contributed by atoms with Crippen LogP contribution in [0.4, 0.5) is 5.69 Å². The van der Waals surface area contributed by atoms with Crippen molar-refractivity contribution in [2.24, 2.45) is 0 Å². The van der Waals surface area contributed by atoms with E-state index in [9.17, 15) is 4.79 Å². The van der Waals surface area contributed by atoms with Crippen molar-refractivity contribution in [3.8, 4) is 0 Å². The highest BCUT2D eigenvalue weighted by Gasteiger charge is 2.35. The van der Waals surface area contributed by atoms with Gasteiger partial charge in [-0.15, -0.1) is 0 Å². The van der Waals surface area contributed by atoms with Crippen molar-refractivity contribution in [1.29, 1.82) is 0 Å². The van der Waals surface area contributed by atoms with Gasteiger partial charge < -0.3 is 15.3 Å². The highest BCUT2D eigenvalue weighted by Crippen LogP contribution is 2.31. The van der Waals surface area contributed by atoms with Crippen LogP contribution in [0.5, 0.6) is 0 Å². The van der Waals surface area contributed by atoms with E-state index in [1.807, 2.05) is 18.2 Å². The van der Waals surface area contributed by atoms with E-state index in [0.29, 0.717) is 6.54 Å². The fourth-order valence-corrected chi connectivity index (χ4v) is 2.88. The lowest BCUT2D eigenvalue weighted by Gasteiger charge is -2.43. The zero-order valence-corrected chi connectivity index (χ0v) is 11.6. The largest absolute Gasteiger partial charge is 0.481 e. The van der Waals surface area contributed by atoms with E-state index in [1.54, 1.807) is 0 Å². The summed E-state index contributed by atoms with van der Waals surface area (Å²) in [5.74, 6) is -0.745. The van der Waals surface area contributed by atoms with E-state index in [2.05, 4.69) is 36.2 Å². The molecular formula is C15H22N2O2. The molecule has 1 aromatic rings. The Morgan fingerprint density at radius 2 is 2.11 bits per heavy atom. The molecule has 0 spiro atoms. The van der Waals surface area contributed by atoms with Gasteiger partial charge in [-0.25, -0.2) is 0 Å². The van der Waals surface area contributed by atoms with E-state index in [1.165, 1.54) is 0 Å². The van der Waals surface area contributed by atoms with E-state index >= 15 is 0 Å². The summed E-state index contributed by atoms with van der Waals surface area (Å²) in [7, 11) is 0. The molecule has 1 unspecified atom stereocenters. The third-order valence-electron chi connectivity index (χ3n) is 3.76. The number of aliphatic carboxylic acids is 1. The third kappa shape index (κ3) is 3.26. The number of anilines is 1. The molecule has 0 aromatic heterocycles. The molecule has 1 fully saturated rings. The first-order valence-electron chi connectivity index (χ1n) is 6.77. The molecule has 19 heavy (non-hydrogen) atoms.